The number of carbonyl (C=O) groups is 1. The molecule has 0 aliphatic heterocycles. The van der Waals surface area contributed by atoms with Gasteiger partial charge in [-0.1, -0.05) is 51.3 Å². The Labute approximate surface area is 115 Å². The predicted octanol–water partition coefficient (Wildman–Crippen LogP) is 4.13. The second-order valence-electron chi connectivity index (χ2n) is 5.22. The molecular formula is C16H24O3. The minimum atomic E-state index is -1.17. The van der Waals surface area contributed by atoms with Crippen molar-refractivity contribution < 1.29 is 14.6 Å². The van der Waals surface area contributed by atoms with E-state index in [9.17, 15) is 9.90 Å². The van der Waals surface area contributed by atoms with Crippen LogP contribution in [0.4, 0.5) is 0 Å². The van der Waals surface area contributed by atoms with Crippen LogP contribution in [0.15, 0.2) is 30.3 Å². The van der Waals surface area contributed by atoms with E-state index in [4.69, 9.17) is 4.74 Å². The lowest BCUT2D eigenvalue weighted by molar-refractivity contribution is -0.158. The Kier molecular flexibility index (Phi) is 5.87. The molecule has 2 unspecified atom stereocenters. The fourth-order valence-electron chi connectivity index (χ4n) is 2.06. The van der Waals surface area contributed by atoms with Crippen LogP contribution in [-0.2, 0) is 4.79 Å². The zero-order valence-electron chi connectivity index (χ0n) is 12.1. The highest BCUT2D eigenvalue weighted by Crippen LogP contribution is 2.29. The monoisotopic (exact) mass is 264 g/mol. The van der Waals surface area contributed by atoms with Gasteiger partial charge in [-0.15, -0.1) is 0 Å². The second-order valence-corrected chi connectivity index (χ2v) is 5.22. The summed E-state index contributed by atoms with van der Waals surface area (Å²) in [6, 6.07) is 9.16. The second kappa shape index (κ2) is 7.17. The topological polar surface area (TPSA) is 46.5 Å². The van der Waals surface area contributed by atoms with E-state index >= 15 is 0 Å². The van der Waals surface area contributed by atoms with Crippen molar-refractivity contribution in [3.8, 4) is 5.75 Å². The first-order valence-electron chi connectivity index (χ1n) is 6.98. The lowest BCUT2D eigenvalue weighted by Crippen LogP contribution is -2.47. The molecule has 0 heterocycles. The molecule has 0 saturated heterocycles. The predicted molar refractivity (Wildman–Crippen MR) is 76.4 cm³/mol. The van der Waals surface area contributed by atoms with Crippen molar-refractivity contribution in [2.24, 2.45) is 5.92 Å². The van der Waals surface area contributed by atoms with Crippen LogP contribution < -0.4 is 4.74 Å². The van der Waals surface area contributed by atoms with Gasteiger partial charge in [0.25, 0.3) is 0 Å². The lowest BCUT2D eigenvalue weighted by Gasteiger charge is -2.32. The summed E-state index contributed by atoms with van der Waals surface area (Å²) in [7, 11) is 0. The molecule has 0 aliphatic carbocycles. The van der Waals surface area contributed by atoms with Crippen molar-refractivity contribution >= 4 is 5.97 Å². The lowest BCUT2D eigenvalue weighted by atomic mass is 9.86. The van der Waals surface area contributed by atoms with E-state index < -0.39 is 11.6 Å². The number of carboxylic acids is 1. The van der Waals surface area contributed by atoms with E-state index in [0.717, 1.165) is 25.7 Å². The minimum Gasteiger partial charge on any atom is -0.478 e. The number of unbranched alkanes of at least 4 members (excludes halogenated alkanes) is 2. The standard InChI is InChI=1S/C16H24O3/c1-4-5-7-10-13(2)16(3,15(17)18)19-14-11-8-6-9-12-14/h6,8-9,11-13H,4-5,7,10H2,1-3H3,(H,17,18). The summed E-state index contributed by atoms with van der Waals surface area (Å²) in [5, 5.41) is 9.50. The van der Waals surface area contributed by atoms with E-state index in [1.807, 2.05) is 25.1 Å². The van der Waals surface area contributed by atoms with Crippen molar-refractivity contribution in [2.75, 3.05) is 0 Å². The molecular weight excluding hydrogens is 240 g/mol. The van der Waals surface area contributed by atoms with Crippen LogP contribution in [-0.4, -0.2) is 16.7 Å². The van der Waals surface area contributed by atoms with Gasteiger partial charge < -0.3 is 9.84 Å². The molecule has 3 nitrogen and oxygen atoms in total. The van der Waals surface area contributed by atoms with Crippen molar-refractivity contribution in [1.29, 1.82) is 0 Å². The maximum atomic E-state index is 11.6. The number of hydrogen-bond donors (Lipinski definition) is 1. The molecule has 1 rings (SSSR count). The molecule has 0 fully saturated rings. The van der Waals surface area contributed by atoms with Gasteiger partial charge in [0.15, 0.2) is 0 Å². The van der Waals surface area contributed by atoms with Crippen molar-refractivity contribution in [1.82, 2.24) is 0 Å². The summed E-state index contributed by atoms with van der Waals surface area (Å²) in [6.45, 7) is 5.76. The van der Waals surface area contributed by atoms with Gasteiger partial charge in [-0.2, -0.15) is 0 Å². The molecule has 106 valence electrons. The molecule has 0 aliphatic rings. The first-order chi connectivity index (χ1) is 9.00. The van der Waals surface area contributed by atoms with E-state index in [2.05, 4.69) is 6.92 Å². The first-order valence-corrected chi connectivity index (χ1v) is 6.98. The zero-order chi connectivity index (χ0) is 14.3. The van der Waals surface area contributed by atoms with Gasteiger partial charge in [-0.3, -0.25) is 0 Å². The van der Waals surface area contributed by atoms with Gasteiger partial charge in [0.1, 0.15) is 5.75 Å². The molecule has 2 atom stereocenters. The largest absolute Gasteiger partial charge is 0.478 e. The SMILES string of the molecule is CCCCCC(C)C(C)(Oc1ccccc1)C(=O)O. The van der Waals surface area contributed by atoms with E-state index in [1.165, 1.54) is 0 Å². The molecule has 3 heteroatoms. The van der Waals surface area contributed by atoms with Gasteiger partial charge >= 0.3 is 5.97 Å². The molecule has 0 amide bonds. The Morgan fingerprint density at radius 3 is 2.47 bits per heavy atom. The quantitative estimate of drug-likeness (QED) is 0.718. The molecule has 0 bridgehead atoms. The highest BCUT2D eigenvalue weighted by atomic mass is 16.5. The van der Waals surface area contributed by atoms with Crippen LogP contribution in [0.5, 0.6) is 5.75 Å². The molecule has 0 radical (unpaired) electrons. The number of ether oxygens (including phenoxy) is 1. The molecule has 1 aromatic carbocycles. The number of hydrogen-bond acceptors (Lipinski definition) is 2. The Balaban J connectivity index is 2.76. The van der Waals surface area contributed by atoms with Gasteiger partial charge in [-0.25, -0.2) is 4.79 Å². The van der Waals surface area contributed by atoms with E-state index in [0.29, 0.717) is 5.75 Å². The number of rotatable bonds is 8. The molecule has 1 N–H and O–H groups in total. The van der Waals surface area contributed by atoms with Crippen molar-refractivity contribution in [2.45, 2.75) is 52.1 Å². The van der Waals surface area contributed by atoms with Gasteiger partial charge in [0, 0.05) is 5.92 Å². The van der Waals surface area contributed by atoms with E-state index in [1.54, 1.807) is 19.1 Å². The molecule has 19 heavy (non-hydrogen) atoms. The van der Waals surface area contributed by atoms with Crippen LogP contribution in [0.25, 0.3) is 0 Å². The number of para-hydroxylation sites is 1. The highest BCUT2D eigenvalue weighted by molar-refractivity contribution is 5.77. The third-order valence-corrected chi connectivity index (χ3v) is 3.68. The summed E-state index contributed by atoms with van der Waals surface area (Å²) in [6.07, 6.45) is 4.17. The van der Waals surface area contributed by atoms with Crippen LogP contribution in [0, 0.1) is 5.92 Å². The Morgan fingerprint density at radius 2 is 1.95 bits per heavy atom. The minimum absolute atomic E-state index is 0.0308. The maximum absolute atomic E-state index is 11.6. The van der Waals surface area contributed by atoms with Crippen molar-refractivity contribution in [3.05, 3.63) is 30.3 Å². The fraction of sp³-hybridized carbons (Fsp3) is 0.562. The van der Waals surface area contributed by atoms with E-state index in [-0.39, 0.29) is 5.92 Å². The van der Waals surface area contributed by atoms with Crippen LogP contribution >= 0.6 is 0 Å². The Hall–Kier alpha value is -1.51. The zero-order valence-corrected chi connectivity index (χ0v) is 12.1. The smallest absolute Gasteiger partial charge is 0.348 e. The van der Waals surface area contributed by atoms with Gasteiger partial charge in [0.05, 0.1) is 0 Å². The summed E-state index contributed by atoms with van der Waals surface area (Å²) >= 11 is 0. The summed E-state index contributed by atoms with van der Waals surface area (Å²) in [5.41, 5.74) is -1.17. The highest BCUT2D eigenvalue weighted by Gasteiger charge is 2.41. The summed E-state index contributed by atoms with van der Waals surface area (Å²) in [4.78, 5) is 11.6. The Morgan fingerprint density at radius 1 is 1.32 bits per heavy atom. The summed E-state index contributed by atoms with van der Waals surface area (Å²) in [5.74, 6) is -0.327. The third kappa shape index (κ3) is 4.27. The van der Waals surface area contributed by atoms with Crippen LogP contribution in [0.1, 0.15) is 46.5 Å². The third-order valence-electron chi connectivity index (χ3n) is 3.68. The number of benzene rings is 1. The van der Waals surface area contributed by atoms with Gasteiger partial charge in [0.2, 0.25) is 5.60 Å². The average Bonchev–Trinajstić information content (AvgIpc) is 2.39. The number of carboxylic acid groups (broad SMARTS) is 1. The molecule has 0 aromatic heterocycles. The van der Waals surface area contributed by atoms with Gasteiger partial charge in [-0.05, 0) is 25.5 Å². The molecule has 1 aromatic rings. The van der Waals surface area contributed by atoms with Crippen LogP contribution in [0.3, 0.4) is 0 Å². The van der Waals surface area contributed by atoms with Crippen LogP contribution in [0.2, 0.25) is 0 Å². The first kappa shape index (κ1) is 15.5. The fourth-order valence-corrected chi connectivity index (χ4v) is 2.06. The average molecular weight is 264 g/mol. The maximum Gasteiger partial charge on any atom is 0.348 e. The Bertz CT molecular complexity index is 388. The molecule has 0 spiro atoms. The number of aliphatic carboxylic acids is 1. The summed E-state index contributed by atoms with van der Waals surface area (Å²) < 4.78 is 5.76. The van der Waals surface area contributed by atoms with Crippen molar-refractivity contribution in [3.63, 3.8) is 0 Å². The normalized spacial score (nSPS) is 15.5. The molecule has 0 saturated carbocycles.